The van der Waals surface area contributed by atoms with Crippen LogP contribution in [0.4, 0.5) is 11.5 Å². The first-order valence-corrected chi connectivity index (χ1v) is 12.4. The van der Waals surface area contributed by atoms with Crippen LogP contribution in [0.3, 0.4) is 0 Å². The Kier molecular flexibility index (Phi) is 7.07. The highest BCUT2D eigenvalue weighted by Crippen LogP contribution is 2.36. The van der Waals surface area contributed by atoms with E-state index in [4.69, 9.17) is 14.7 Å². The van der Waals surface area contributed by atoms with Crippen molar-refractivity contribution in [2.24, 2.45) is 0 Å². The number of rotatable bonds is 8. The Labute approximate surface area is 196 Å². The molecule has 1 N–H and O–H groups in total. The number of thioether (sulfide) groups is 1. The SMILES string of the molecule is CCOC(=O)c1sc2nc(CSc3ccccc3)nc(Nc3ccc(CC)cc3)c2c1C. The first-order chi connectivity index (χ1) is 15.6. The van der Waals surface area contributed by atoms with E-state index in [-0.39, 0.29) is 5.97 Å². The highest BCUT2D eigenvalue weighted by atomic mass is 32.2. The fourth-order valence-electron chi connectivity index (χ4n) is 3.35. The van der Waals surface area contributed by atoms with E-state index < -0.39 is 0 Å². The Morgan fingerprint density at radius 2 is 1.81 bits per heavy atom. The number of hydrogen-bond donors (Lipinski definition) is 1. The van der Waals surface area contributed by atoms with Crippen LogP contribution < -0.4 is 5.32 Å². The van der Waals surface area contributed by atoms with Crippen LogP contribution in [0.5, 0.6) is 0 Å². The van der Waals surface area contributed by atoms with Crippen LogP contribution in [0.15, 0.2) is 59.5 Å². The highest BCUT2D eigenvalue weighted by Gasteiger charge is 2.21. The van der Waals surface area contributed by atoms with Crippen molar-refractivity contribution in [1.82, 2.24) is 9.97 Å². The number of benzene rings is 2. The van der Waals surface area contributed by atoms with Gasteiger partial charge in [-0.05, 0) is 55.7 Å². The molecule has 2 aromatic carbocycles. The lowest BCUT2D eigenvalue weighted by molar-refractivity contribution is 0.0531. The van der Waals surface area contributed by atoms with Gasteiger partial charge in [-0.15, -0.1) is 23.1 Å². The van der Waals surface area contributed by atoms with Gasteiger partial charge in [0, 0.05) is 10.6 Å². The predicted molar refractivity (Wildman–Crippen MR) is 133 cm³/mol. The molecule has 0 amide bonds. The van der Waals surface area contributed by atoms with Crippen molar-refractivity contribution in [3.63, 3.8) is 0 Å². The lowest BCUT2D eigenvalue weighted by Crippen LogP contribution is -2.04. The summed E-state index contributed by atoms with van der Waals surface area (Å²) < 4.78 is 5.26. The van der Waals surface area contributed by atoms with Crippen molar-refractivity contribution < 1.29 is 9.53 Å². The molecule has 0 aliphatic heterocycles. The van der Waals surface area contributed by atoms with Crippen LogP contribution in [0.2, 0.25) is 0 Å². The number of nitrogens with zero attached hydrogens (tertiary/aromatic N) is 2. The fourth-order valence-corrected chi connectivity index (χ4v) is 5.22. The summed E-state index contributed by atoms with van der Waals surface area (Å²) >= 11 is 3.05. The van der Waals surface area contributed by atoms with Crippen LogP contribution >= 0.6 is 23.1 Å². The van der Waals surface area contributed by atoms with Crippen LogP contribution in [0.1, 0.15) is 40.5 Å². The molecular weight excluding hydrogens is 438 g/mol. The number of fused-ring (bicyclic) bond motifs is 1. The highest BCUT2D eigenvalue weighted by molar-refractivity contribution is 7.98. The second-order valence-corrected chi connectivity index (χ2v) is 9.27. The summed E-state index contributed by atoms with van der Waals surface area (Å²) in [7, 11) is 0. The topological polar surface area (TPSA) is 64.1 Å². The summed E-state index contributed by atoms with van der Waals surface area (Å²) in [5.41, 5.74) is 3.07. The number of nitrogens with one attached hydrogen (secondary N) is 1. The third-order valence-electron chi connectivity index (χ3n) is 5.03. The summed E-state index contributed by atoms with van der Waals surface area (Å²) in [6, 6.07) is 18.5. The molecule has 2 heterocycles. The molecule has 0 unspecified atom stereocenters. The van der Waals surface area contributed by atoms with Crippen molar-refractivity contribution in [3.05, 3.63) is 76.4 Å². The Bertz CT molecular complexity index is 1220. The van der Waals surface area contributed by atoms with Gasteiger partial charge < -0.3 is 10.1 Å². The standard InChI is InChI=1S/C25H25N3O2S2/c1-4-17-11-13-18(14-12-17)26-23-21-16(3)22(25(29)30-5-2)32-24(21)28-20(27-23)15-31-19-9-7-6-8-10-19/h6-14H,4-5,15H2,1-3H3,(H,26,27,28). The minimum absolute atomic E-state index is 0.313. The van der Waals surface area contributed by atoms with Gasteiger partial charge in [0.1, 0.15) is 21.3 Å². The molecule has 0 saturated carbocycles. The summed E-state index contributed by atoms with van der Waals surface area (Å²) in [4.78, 5) is 24.6. The second-order valence-electron chi connectivity index (χ2n) is 7.22. The first-order valence-electron chi connectivity index (χ1n) is 10.6. The van der Waals surface area contributed by atoms with Crippen molar-refractivity contribution in [2.75, 3.05) is 11.9 Å². The number of anilines is 2. The molecule has 7 heteroatoms. The molecule has 0 fully saturated rings. The Morgan fingerprint density at radius 1 is 1.06 bits per heavy atom. The minimum atomic E-state index is -0.313. The lowest BCUT2D eigenvalue weighted by Gasteiger charge is -2.10. The maximum Gasteiger partial charge on any atom is 0.348 e. The van der Waals surface area contributed by atoms with E-state index in [1.807, 2.05) is 32.0 Å². The third-order valence-corrected chi connectivity index (χ3v) is 7.21. The average molecular weight is 464 g/mol. The number of carbonyl (C=O) groups is 1. The van der Waals surface area contributed by atoms with Crippen LogP contribution in [-0.4, -0.2) is 22.5 Å². The Hall–Kier alpha value is -2.90. The van der Waals surface area contributed by atoms with Gasteiger partial charge in [0.2, 0.25) is 0 Å². The van der Waals surface area contributed by atoms with Gasteiger partial charge in [0.05, 0.1) is 17.7 Å². The van der Waals surface area contributed by atoms with Crippen molar-refractivity contribution in [1.29, 1.82) is 0 Å². The number of esters is 1. The summed E-state index contributed by atoms with van der Waals surface area (Å²) in [6.07, 6.45) is 0.991. The van der Waals surface area contributed by atoms with E-state index in [2.05, 4.69) is 48.6 Å². The van der Waals surface area contributed by atoms with Crippen LogP contribution in [0, 0.1) is 6.92 Å². The third kappa shape index (κ3) is 4.95. The molecular formula is C25H25N3O2S2. The molecule has 5 nitrogen and oxygen atoms in total. The number of aromatic nitrogens is 2. The molecule has 0 aliphatic rings. The number of thiophene rings is 1. The van der Waals surface area contributed by atoms with Gasteiger partial charge in [0.15, 0.2) is 0 Å². The number of hydrogen-bond acceptors (Lipinski definition) is 7. The molecule has 0 radical (unpaired) electrons. The van der Waals surface area contributed by atoms with Gasteiger partial charge >= 0.3 is 5.97 Å². The van der Waals surface area contributed by atoms with Crippen molar-refractivity contribution in [2.45, 2.75) is 37.8 Å². The monoisotopic (exact) mass is 463 g/mol. The van der Waals surface area contributed by atoms with Crippen molar-refractivity contribution >= 4 is 50.8 Å². The molecule has 0 saturated heterocycles. The molecule has 4 aromatic rings. The zero-order valence-electron chi connectivity index (χ0n) is 18.3. The zero-order valence-corrected chi connectivity index (χ0v) is 20.0. The molecule has 32 heavy (non-hydrogen) atoms. The van der Waals surface area contributed by atoms with E-state index >= 15 is 0 Å². The Balaban J connectivity index is 1.73. The fraction of sp³-hybridized carbons (Fsp3) is 0.240. The molecule has 0 bridgehead atoms. The van der Waals surface area contributed by atoms with Gasteiger partial charge in [0.25, 0.3) is 0 Å². The van der Waals surface area contributed by atoms with Gasteiger partial charge in [-0.2, -0.15) is 0 Å². The first kappa shape index (κ1) is 22.3. The van der Waals surface area contributed by atoms with Gasteiger partial charge in [-0.25, -0.2) is 14.8 Å². The normalized spacial score (nSPS) is 11.0. The zero-order chi connectivity index (χ0) is 22.5. The molecule has 4 rings (SSSR count). The maximum absolute atomic E-state index is 12.5. The summed E-state index contributed by atoms with van der Waals surface area (Å²) in [5, 5.41) is 4.32. The number of aryl methyl sites for hydroxylation is 2. The summed E-state index contributed by atoms with van der Waals surface area (Å²) in [6.45, 7) is 6.22. The average Bonchev–Trinajstić information content (AvgIpc) is 3.16. The van der Waals surface area contributed by atoms with Crippen LogP contribution in [0.25, 0.3) is 10.2 Å². The smallest absolute Gasteiger partial charge is 0.348 e. The van der Waals surface area contributed by atoms with Crippen molar-refractivity contribution in [3.8, 4) is 0 Å². The molecule has 164 valence electrons. The van der Waals surface area contributed by atoms with E-state index in [1.54, 1.807) is 11.8 Å². The molecule has 2 aromatic heterocycles. The van der Waals surface area contributed by atoms with E-state index in [0.717, 1.165) is 38.6 Å². The second kappa shape index (κ2) is 10.1. The Morgan fingerprint density at radius 3 is 2.50 bits per heavy atom. The molecule has 0 atom stereocenters. The molecule has 0 spiro atoms. The predicted octanol–water partition coefficient (Wildman–Crippen LogP) is 6.77. The number of ether oxygens (including phenoxy) is 1. The quantitative estimate of drug-likeness (QED) is 0.230. The van der Waals surface area contributed by atoms with E-state index in [0.29, 0.717) is 23.1 Å². The maximum atomic E-state index is 12.5. The van der Waals surface area contributed by atoms with Gasteiger partial charge in [-0.1, -0.05) is 37.3 Å². The largest absolute Gasteiger partial charge is 0.462 e. The summed E-state index contributed by atoms with van der Waals surface area (Å²) in [5.74, 6) is 1.75. The number of carbonyl (C=O) groups excluding carboxylic acids is 1. The minimum Gasteiger partial charge on any atom is -0.462 e. The van der Waals surface area contributed by atoms with E-state index in [9.17, 15) is 4.79 Å². The molecule has 0 aliphatic carbocycles. The lowest BCUT2D eigenvalue weighted by atomic mass is 10.1. The van der Waals surface area contributed by atoms with E-state index in [1.165, 1.54) is 16.9 Å². The van der Waals surface area contributed by atoms with Crippen LogP contribution in [-0.2, 0) is 16.9 Å². The van der Waals surface area contributed by atoms with Gasteiger partial charge in [-0.3, -0.25) is 0 Å².